The number of anilines is 1. The van der Waals surface area contributed by atoms with E-state index in [4.69, 9.17) is 21.4 Å². The van der Waals surface area contributed by atoms with Gasteiger partial charge in [-0.15, -0.1) is 0 Å². The van der Waals surface area contributed by atoms with Crippen LogP contribution in [0, 0.1) is 10.1 Å². The van der Waals surface area contributed by atoms with Crippen molar-refractivity contribution in [3.63, 3.8) is 0 Å². The fraction of sp³-hybridized carbons (Fsp3) is 0.0455. The van der Waals surface area contributed by atoms with Gasteiger partial charge in [0.1, 0.15) is 17.0 Å². The van der Waals surface area contributed by atoms with Gasteiger partial charge in [-0.2, -0.15) is 0 Å². The summed E-state index contributed by atoms with van der Waals surface area (Å²) in [6.45, 7) is -0.326. The molecule has 0 aliphatic heterocycles. The van der Waals surface area contributed by atoms with Crippen molar-refractivity contribution >= 4 is 61.6 Å². The first-order valence-electron chi connectivity index (χ1n) is 9.66. The van der Waals surface area contributed by atoms with Crippen LogP contribution in [0.4, 0.5) is 11.4 Å². The van der Waals surface area contributed by atoms with Crippen LogP contribution in [-0.2, 0) is 4.79 Å². The average Bonchev–Trinajstić information content (AvgIpc) is 3.23. The molecule has 1 heterocycles. The van der Waals surface area contributed by atoms with Crippen molar-refractivity contribution in [2.24, 2.45) is 0 Å². The van der Waals surface area contributed by atoms with E-state index in [0.29, 0.717) is 38.5 Å². The van der Waals surface area contributed by atoms with E-state index < -0.39 is 10.8 Å². The molecule has 12 heteroatoms. The second-order valence-corrected chi connectivity index (χ2v) is 8.17. The van der Waals surface area contributed by atoms with Crippen LogP contribution in [0.2, 0.25) is 0 Å². The highest BCUT2D eigenvalue weighted by atomic mass is 79.9. The molecular formula is C22H15BrN4O6S. The Bertz CT molecular complexity index is 1410. The van der Waals surface area contributed by atoms with Crippen LogP contribution in [0.25, 0.3) is 22.6 Å². The van der Waals surface area contributed by atoms with Crippen molar-refractivity contribution in [2.75, 3.05) is 11.9 Å². The molecule has 0 saturated heterocycles. The summed E-state index contributed by atoms with van der Waals surface area (Å²) >= 11 is 8.44. The van der Waals surface area contributed by atoms with Gasteiger partial charge >= 0.3 is 0 Å². The molecule has 4 aromatic rings. The van der Waals surface area contributed by atoms with E-state index in [0.717, 1.165) is 0 Å². The number of carbonyl (C=O) groups is 1. The summed E-state index contributed by atoms with van der Waals surface area (Å²) in [6, 6.07) is 15.4. The standard InChI is InChI=1S/C22H15BrN4O6S/c23-16-9-12(1-7-18(16)28)21-25-17-10-13(2-8-19(17)33-21)24-22(34)26-20(29)11-32-15-5-3-14(4-6-15)27(30)31/h1-10,28H,11H2,(H2,24,26,29,34). The zero-order valence-electron chi connectivity index (χ0n) is 17.1. The second kappa shape index (κ2) is 9.85. The molecule has 0 radical (unpaired) electrons. The molecule has 3 N–H and O–H groups in total. The van der Waals surface area contributed by atoms with Crippen molar-refractivity contribution in [3.05, 3.63) is 75.3 Å². The number of non-ortho nitro benzene ring substituents is 1. The van der Waals surface area contributed by atoms with Gasteiger partial charge in [0.2, 0.25) is 5.89 Å². The van der Waals surface area contributed by atoms with Gasteiger partial charge in [-0.25, -0.2) is 4.98 Å². The van der Waals surface area contributed by atoms with Gasteiger partial charge in [-0.3, -0.25) is 20.2 Å². The van der Waals surface area contributed by atoms with Crippen LogP contribution in [0.1, 0.15) is 0 Å². The highest BCUT2D eigenvalue weighted by molar-refractivity contribution is 9.10. The number of nitro benzene ring substituents is 1. The molecule has 10 nitrogen and oxygen atoms in total. The zero-order chi connectivity index (χ0) is 24.2. The fourth-order valence-electron chi connectivity index (χ4n) is 2.91. The minimum Gasteiger partial charge on any atom is -0.507 e. The third kappa shape index (κ3) is 5.47. The number of benzene rings is 3. The number of phenolic OH excluding ortho intramolecular Hbond substituents is 1. The molecule has 0 bridgehead atoms. The van der Waals surface area contributed by atoms with Crippen molar-refractivity contribution in [1.82, 2.24) is 10.3 Å². The van der Waals surface area contributed by atoms with Crippen LogP contribution in [0.15, 0.2) is 69.6 Å². The maximum atomic E-state index is 12.1. The summed E-state index contributed by atoms with van der Waals surface area (Å²) in [5.74, 6) is 0.304. The first kappa shape index (κ1) is 23.1. The molecule has 3 aromatic carbocycles. The first-order valence-corrected chi connectivity index (χ1v) is 10.9. The number of rotatable bonds is 6. The number of oxazole rings is 1. The van der Waals surface area contributed by atoms with Gasteiger partial charge in [0.25, 0.3) is 11.6 Å². The third-order valence-electron chi connectivity index (χ3n) is 4.51. The molecule has 0 aliphatic carbocycles. The van der Waals surface area contributed by atoms with Gasteiger partial charge in [0.05, 0.1) is 9.40 Å². The molecule has 1 aromatic heterocycles. The smallest absolute Gasteiger partial charge is 0.269 e. The summed E-state index contributed by atoms with van der Waals surface area (Å²) < 4.78 is 11.6. The maximum absolute atomic E-state index is 12.1. The lowest BCUT2D eigenvalue weighted by Crippen LogP contribution is -2.37. The van der Waals surface area contributed by atoms with Crippen molar-refractivity contribution in [3.8, 4) is 23.0 Å². The number of carbonyl (C=O) groups excluding carboxylic acids is 1. The third-order valence-corrected chi connectivity index (χ3v) is 5.35. The Balaban J connectivity index is 1.35. The van der Waals surface area contributed by atoms with Crippen molar-refractivity contribution in [1.29, 1.82) is 0 Å². The topological polar surface area (TPSA) is 140 Å². The number of nitrogens with one attached hydrogen (secondary N) is 2. The van der Waals surface area contributed by atoms with Gasteiger partial charge in [-0.05, 0) is 76.7 Å². The number of halogens is 1. The maximum Gasteiger partial charge on any atom is 0.269 e. The van der Waals surface area contributed by atoms with Gasteiger partial charge in [0, 0.05) is 23.4 Å². The molecule has 0 spiro atoms. The number of hydrogen-bond acceptors (Lipinski definition) is 8. The van der Waals surface area contributed by atoms with Crippen LogP contribution >= 0.6 is 28.1 Å². The number of thiocarbonyl (C=S) groups is 1. The molecule has 0 fully saturated rings. The molecule has 1 amide bonds. The minimum absolute atomic E-state index is 0.0582. The number of amides is 1. The van der Waals surface area contributed by atoms with E-state index in [1.165, 1.54) is 30.3 Å². The lowest BCUT2D eigenvalue weighted by molar-refractivity contribution is -0.384. The highest BCUT2D eigenvalue weighted by Gasteiger charge is 2.12. The zero-order valence-corrected chi connectivity index (χ0v) is 19.6. The summed E-state index contributed by atoms with van der Waals surface area (Å²) in [4.78, 5) is 26.7. The van der Waals surface area contributed by atoms with E-state index in [2.05, 4.69) is 31.5 Å². The number of fused-ring (bicyclic) bond motifs is 1. The summed E-state index contributed by atoms with van der Waals surface area (Å²) in [5.41, 5.74) is 2.32. The minimum atomic E-state index is -0.524. The van der Waals surface area contributed by atoms with Crippen LogP contribution in [0.5, 0.6) is 11.5 Å². The van der Waals surface area contributed by atoms with E-state index in [-0.39, 0.29) is 23.2 Å². The predicted molar refractivity (Wildman–Crippen MR) is 132 cm³/mol. The Morgan fingerprint density at radius 3 is 2.65 bits per heavy atom. The molecule has 4 rings (SSSR count). The Hall–Kier alpha value is -4.03. The van der Waals surface area contributed by atoms with Crippen LogP contribution in [0.3, 0.4) is 0 Å². The normalized spacial score (nSPS) is 10.6. The lowest BCUT2D eigenvalue weighted by atomic mass is 10.2. The Labute approximate surface area is 205 Å². The molecule has 0 atom stereocenters. The first-order chi connectivity index (χ1) is 16.3. The van der Waals surface area contributed by atoms with E-state index in [9.17, 15) is 20.0 Å². The molecule has 34 heavy (non-hydrogen) atoms. The Kier molecular flexibility index (Phi) is 6.70. The fourth-order valence-corrected chi connectivity index (χ4v) is 3.52. The Morgan fingerprint density at radius 2 is 1.94 bits per heavy atom. The Morgan fingerprint density at radius 1 is 1.18 bits per heavy atom. The number of nitro groups is 1. The molecular weight excluding hydrogens is 528 g/mol. The van der Waals surface area contributed by atoms with E-state index in [1.807, 2.05) is 0 Å². The van der Waals surface area contributed by atoms with Gasteiger partial charge in [0.15, 0.2) is 17.3 Å². The number of nitrogens with zero attached hydrogens (tertiary/aromatic N) is 2. The van der Waals surface area contributed by atoms with Gasteiger partial charge < -0.3 is 19.6 Å². The predicted octanol–water partition coefficient (Wildman–Crippen LogP) is 4.76. The number of aromatic nitrogens is 1. The average molecular weight is 543 g/mol. The van der Waals surface area contributed by atoms with Crippen molar-refractivity contribution < 1.29 is 24.0 Å². The summed E-state index contributed by atoms with van der Waals surface area (Å²) in [5, 5.41) is 25.8. The van der Waals surface area contributed by atoms with Crippen LogP contribution < -0.4 is 15.4 Å². The molecule has 0 unspecified atom stereocenters. The van der Waals surface area contributed by atoms with E-state index in [1.54, 1.807) is 30.3 Å². The second-order valence-electron chi connectivity index (χ2n) is 6.91. The SMILES string of the molecule is O=C(COc1ccc([N+](=O)[O-])cc1)NC(=S)Nc1ccc2oc(-c3ccc(O)c(Br)c3)nc2c1. The lowest BCUT2D eigenvalue weighted by Gasteiger charge is -2.10. The largest absolute Gasteiger partial charge is 0.507 e. The number of phenols is 1. The molecule has 172 valence electrons. The quantitative estimate of drug-likeness (QED) is 0.178. The number of ether oxygens (including phenoxy) is 1. The van der Waals surface area contributed by atoms with E-state index >= 15 is 0 Å². The number of aromatic hydroxyl groups is 1. The molecule has 0 saturated carbocycles. The number of hydrogen-bond donors (Lipinski definition) is 3. The molecule has 0 aliphatic rings. The highest BCUT2D eigenvalue weighted by Crippen LogP contribution is 2.31. The van der Waals surface area contributed by atoms with Crippen LogP contribution in [-0.4, -0.2) is 32.6 Å². The summed E-state index contributed by atoms with van der Waals surface area (Å²) in [7, 11) is 0. The summed E-state index contributed by atoms with van der Waals surface area (Å²) in [6.07, 6.45) is 0. The van der Waals surface area contributed by atoms with Crippen molar-refractivity contribution in [2.45, 2.75) is 0 Å². The monoisotopic (exact) mass is 542 g/mol. The van der Waals surface area contributed by atoms with Gasteiger partial charge in [-0.1, -0.05) is 0 Å².